The molecule has 1 unspecified atom stereocenters. The average molecular weight is 826 g/mol. The van der Waals surface area contributed by atoms with Crippen LogP contribution in [-0.4, -0.2) is 118 Å². The summed E-state index contributed by atoms with van der Waals surface area (Å²) in [7, 11) is 1.40. The van der Waals surface area contributed by atoms with E-state index in [0.717, 1.165) is 23.4 Å². The number of ketones is 2. The first kappa shape index (κ1) is 46.2. The number of benzene rings is 1. The molecule has 4 heterocycles. The van der Waals surface area contributed by atoms with Crippen LogP contribution in [0, 0.1) is 17.8 Å². The number of amides is 1. The Kier molecular flexibility index (Phi) is 14.8. The number of hydrogen-bond acceptors (Lipinski definition) is 12. The van der Waals surface area contributed by atoms with Crippen molar-refractivity contribution in [1.29, 1.82) is 0 Å². The van der Waals surface area contributed by atoms with Crippen LogP contribution in [0.5, 0.6) is 0 Å². The number of carbonyl (C=O) groups excluding carboxylic acids is 4. The number of Topliss-reactive ketones (excluding diaryl/α,β-unsaturated/α-hetero) is 2. The highest BCUT2D eigenvalue weighted by molar-refractivity contribution is 6.08. The zero-order chi connectivity index (χ0) is 43.4. The summed E-state index contributed by atoms with van der Waals surface area (Å²) in [5.41, 5.74) is -4.27. The number of halogens is 1. The molecule has 3 aliphatic heterocycles. The van der Waals surface area contributed by atoms with Crippen LogP contribution < -0.4 is 5.32 Å². The van der Waals surface area contributed by atoms with Gasteiger partial charge in [0.15, 0.2) is 17.7 Å². The van der Waals surface area contributed by atoms with Crippen LogP contribution in [0.1, 0.15) is 93.1 Å². The van der Waals surface area contributed by atoms with Gasteiger partial charge in [-0.15, -0.1) is 6.58 Å². The standard InChI is InChI=1S/C45H64FN3O10/c1-11-20-47-33-22-27(4)56-40(36(33)51)58-39-29(6)38(52)44(8,46)41(53)57-34(12-2)45(9)37(28(5)35(50)26(3)24-43(39,7)55-10)49(42(54)59-45)21-16-15-17-30-23-31-18-13-14-19-32(31)48-25-30/h11,13-14,18-19,23,25-29,33-34,36-37,39-40,47,51H,1,12,15-17,20-22,24H2,2-10H3/t26-,27-,28+,29-,33+,34-,36+,37?,39-,40+,43-,44+,45-/m1/s1. The van der Waals surface area contributed by atoms with Crippen LogP contribution in [0.3, 0.4) is 0 Å². The molecule has 1 aromatic carbocycles. The molecule has 0 saturated carbocycles. The Balaban J connectivity index is 1.47. The van der Waals surface area contributed by atoms with E-state index in [0.29, 0.717) is 32.2 Å². The van der Waals surface area contributed by atoms with Crippen molar-refractivity contribution in [3.05, 3.63) is 54.7 Å². The zero-order valence-electron chi connectivity index (χ0n) is 36.1. The molecule has 3 aliphatic rings. The fourth-order valence-electron chi connectivity index (χ4n) is 9.53. The monoisotopic (exact) mass is 825 g/mol. The first-order chi connectivity index (χ1) is 27.8. The molecule has 14 heteroatoms. The highest BCUT2D eigenvalue weighted by atomic mass is 19.1. The number of aryl methyl sites for hydroxylation is 1. The van der Waals surface area contributed by atoms with E-state index in [1.54, 1.807) is 40.7 Å². The third-order valence-corrected chi connectivity index (χ3v) is 12.8. The minimum atomic E-state index is -3.18. The smallest absolute Gasteiger partial charge is 0.410 e. The van der Waals surface area contributed by atoms with Gasteiger partial charge in [-0.2, -0.15) is 0 Å². The Morgan fingerprint density at radius 1 is 1.08 bits per heavy atom. The Bertz CT molecular complexity index is 1840. The first-order valence-corrected chi connectivity index (χ1v) is 21.0. The van der Waals surface area contributed by atoms with Gasteiger partial charge in [-0.05, 0) is 83.9 Å². The molecule has 5 rings (SSSR count). The number of rotatable bonds is 12. The van der Waals surface area contributed by atoms with Gasteiger partial charge >= 0.3 is 12.1 Å². The summed E-state index contributed by atoms with van der Waals surface area (Å²) in [5.74, 6) is -5.80. The maximum absolute atomic E-state index is 16.9. The first-order valence-electron chi connectivity index (χ1n) is 21.0. The molecule has 3 fully saturated rings. The van der Waals surface area contributed by atoms with Crippen LogP contribution in [-0.2, 0) is 44.5 Å². The third-order valence-electron chi connectivity index (χ3n) is 12.8. The SMILES string of the molecule is C=CCN[C@H]1C[C@@H](C)O[C@@H](O[C@@H]2[C@H](C)C(=O)[C@](C)(F)C(=O)O[C@H](CC)[C@@]3(C)OC(=O)N(CCCCc4cnc5ccccc5c4)C3[C@@H](C)C(=O)[C@H](C)C[C@@]2(C)OC)[C@H]1O. The fraction of sp³-hybridized carbons (Fsp3) is 0.667. The van der Waals surface area contributed by atoms with Crippen molar-refractivity contribution in [3.8, 4) is 0 Å². The summed E-state index contributed by atoms with van der Waals surface area (Å²) in [5, 5.41) is 15.7. The number of aliphatic hydroxyl groups excluding tert-OH is 1. The number of unbranched alkanes of at least 4 members (excludes halogenated alkanes) is 1. The lowest BCUT2D eigenvalue weighted by atomic mass is 9.73. The summed E-state index contributed by atoms with van der Waals surface area (Å²) >= 11 is 0. The number of pyridine rings is 1. The van der Waals surface area contributed by atoms with Gasteiger partial charge in [0.25, 0.3) is 5.67 Å². The summed E-state index contributed by atoms with van der Waals surface area (Å²) in [4.78, 5) is 62.8. The number of para-hydroxylation sites is 1. The highest BCUT2D eigenvalue weighted by Crippen LogP contribution is 2.43. The van der Waals surface area contributed by atoms with Gasteiger partial charge in [0.05, 0.1) is 29.4 Å². The Hall–Kier alpha value is -3.82. The van der Waals surface area contributed by atoms with Gasteiger partial charge in [-0.25, -0.2) is 14.0 Å². The van der Waals surface area contributed by atoms with Gasteiger partial charge < -0.3 is 39.0 Å². The lowest BCUT2D eigenvalue weighted by Crippen LogP contribution is -2.62. The largest absolute Gasteiger partial charge is 0.455 e. The number of carbonyl (C=O) groups is 4. The van der Waals surface area contributed by atoms with Gasteiger partial charge in [-0.1, -0.05) is 52.0 Å². The molecule has 3 saturated heterocycles. The van der Waals surface area contributed by atoms with Crippen molar-refractivity contribution >= 4 is 34.5 Å². The number of aliphatic hydroxyl groups is 1. The predicted octanol–water partition coefficient (Wildman–Crippen LogP) is 6.07. The third kappa shape index (κ3) is 9.57. The molecule has 0 radical (unpaired) electrons. The van der Waals surface area contributed by atoms with E-state index < -0.39 is 89.2 Å². The number of cyclic esters (lactones) is 1. The lowest BCUT2D eigenvalue weighted by Gasteiger charge is -2.46. The molecule has 2 aromatic rings. The van der Waals surface area contributed by atoms with Crippen LogP contribution in [0.2, 0.25) is 0 Å². The topological polar surface area (TPSA) is 163 Å². The van der Waals surface area contributed by atoms with E-state index in [4.69, 9.17) is 23.7 Å². The normalized spacial score (nSPS) is 37.4. The summed E-state index contributed by atoms with van der Waals surface area (Å²) in [6, 6.07) is 8.59. The van der Waals surface area contributed by atoms with Crippen LogP contribution >= 0.6 is 0 Å². The summed E-state index contributed by atoms with van der Waals surface area (Å²) in [6.45, 7) is 16.9. The molecule has 0 spiro atoms. The molecule has 1 aromatic heterocycles. The number of nitrogens with zero attached hydrogens (tertiary/aromatic N) is 2. The van der Waals surface area contributed by atoms with Crippen molar-refractivity contribution in [2.24, 2.45) is 17.8 Å². The molecule has 59 heavy (non-hydrogen) atoms. The number of methoxy groups -OCH3 is 1. The van der Waals surface area contributed by atoms with Gasteiger partial charge in [0.2, 0.25) is 0 Å². The maximum Gasteiger partial charge on any atom is 0.410 e. The Morgan fingerprint density at radius 3 is 2.47 bits per heavy atom. The second-order valence-corrected chi connectivity index (χ2v) is 17.4. The second-order valence-electron chi connectivity index (χ2n) is 17.4. The van der Waals surface area contributed by atoms with Gasteiger partial charge in [-0.3, -0.25) is 14.6 Å². The predicted molar refractivity (Wildman–Crippen MR) is 219 cm³/mol. The van der Waals surface area contributed by atoms with E-state index in [2.05, 4.69) is 22.9 Å². The molecular formula is C45H64FN3O10. The van der Waals surface area contributed by atoms with E-state index >= 15 is 4.39 Å². The van der Waals surface area contributed by atoms with Gasteiger partial charge in [0, 0.05) is 55.6 Å². The van der Waals surface area contributed by atoms with E-state index in [9.17, 15) is 24.3 Å². The number of esters is 1. The number of aromatic nitrogens is 1. The van der Waals surface area contributed by atoms with Crippen molar-refractivity contribution in [1.82, 2.24) is 15.2 Å². The van der Waals surface area contributed by atoms with Crippen molar-refractivity contribution in [2.45, 2.75) is 154 Å². The molecule has 1 amide bonds. The maximum atomic E-state index is 16.9. The molecule has 0 bridgehead atoms. The number of ether oxygens (including phenoxy) is 5. The number of nitrogens with one attached hydrogen (secondary N) is 1. The summed E-state index contributed by atoms with van der Waals surface area (Å²) < 4.78 is 47.5. The van der Waals surface area contributed by atoms with Crippen LogP contribution in [0.15, 0.2) is 49.2 Å². The highest BCUT2D eigenvalue weighted by Gasteiger charge is 2.61. The van der Waals surface area contributed by atoms with E-state index in [-0.39, 0.29) is 31.3 Å². The molecule has 13 atom stereocenters. The molecular weight excluding hydrogens is 762 g/mol. The Labute approximate surface area is 347 Å². The second kappa shape index (κ2) is 18.8. The average Bonchev–Trinajstić information content (AvgIpc) is 3.47. The van der Waals surface area contributed by atoms with Gasteiger partial charge in [0.1, 0.15) is 18.0 Å². The lowest BCUT2D eigenvalue weighted by molar-refractivity contribution is -0.290. The quantitative estimate of drug-likeness (QED) is 0.110. The summed E-state index contributed by atoms with van der Waals surface area (Å²) in [6.07, 6.45) is -0.0541. The van der Waals surface area contributed by atoms with Crippen LogP contribution in [0.25, 0.3) is 10.9 Å². The fourth-order valence-corrected chi connectivity index (χ4v) is 9.53. The van der Waals surface area contributed by atoms with Crippen LogP contribution in [0.4, 0.5) is 9.18 Å². The minimum Gasteiger partial charge on any atom is -0.455 e. The molecule has 0 aliphatic carbocycles. The van der Waals surface area contributed by atoms with Crippen molar-refractivity contribution in [3.63, 3.8) is 0 Å². The molecule has 2 N–H and O–H groups in total. The number of hydrogen-bond donors (Lipinski definition) is 2. The van der Waals surface area contributed by atoms with Crippen molar-refractivity contribution in [2.75, 3.05) is 20.2 Å². The number of alkyl halides is 1. The number of fused-ring (bicyclic) bond motifs is 2. The van der Waals surface area contributed by atoms with E-state index in [1.165, 1.54) is 18.9 Å². The minimum absolute atomic E-state index is 0.00580. The molecule has 13 nitrogen and oxygen atoms in total. The Morgan fingerprint density at radius 2 is 1.80 bits per heavy atom. The zero-order valence-corrected chi connectivity index (χ0v) is 36.1. The van der Waals surface area contributed by atoms with Crippen molar-refractivity contribution < 1.29 is 52.4 Å². The molecule has 326 valence electrons. The van der Waals surface area contributed by atoms with E-state index in [1.807, 2.05) is 37.4 Å².